The number of hydrogen-bond donors (Lipinski definition) is 1. The van der Waals surface area contributed by atoms with Gasteiger partial charge in [0.05, 0.1) is 0 Å². The normalized spacial score (nSPS) is 17.1. The molecule has 110 valence electrons. The number of carbonyl (C=O) groups excluding carboxylic acids is 1. The number of nitrogens with zero attached hydrogens (tertiary/aromatic N) is 2. The molecule has 1 fully saturated rings. The van der Waals surface area contributed by atoms with E-state index in [0.717, 1.165) is 30.9 Å². The molecule has 1 saturated heterocycles. The smallest absolute Gasteiger partial charge is 0.224 e. The number of aryl methyl sites for hydroxylation is 2. The molecule has 20 heavy (non-hydrogen) atoms. The van der Waals surface area contributed by atoms with E-state index in [0.29, 0.717) is 6.54 Å². The summed E-state index contributed by atoms with van der Waals surface area (Å²) in [5.41, 5.74) is 3.28. The molecule has 1 aromatic rings. The Morgan fingerprint density at radius 2 is 2.10 bits per heavy atom. The zero-order valence-corrected chi connectivity index (χ0v) is 12.8. The second-order valence-electron chi connectivity index (χ2n) is 5.87. The van der Waals surface area contributed by atoms with Crippen LogP contribution < -0.4 is 5.32 Å². The number of hydrogen-bond acceptors (Lipinski definition) is 3. The van der Waals surface area contributed by atoms with Gasteiger partial charge in [0, 0.05) is 30.9 Å². The first-order valence-corrected chi connectivity index (χ1v) is 7.48. The van der Waals surface area contributed by atoms with Crippen LogP contribution in [0.25, 0.3) is 0 Å². The van der Waals surface area contributed by atoms with E-state index in [9.17, 15) is 4.79 Å². The Morgan fingerprint density at radius 1 is 1.40 bits per heavy atom. The summed E-state index contributed by atoms with van der Waals surface area (Å²) in [6.07, 6.45) is 4.37. The maximum Gasteiger partial charge on any atom is 0.224 e. The van der Waals surface area contributed by atoms with Crippen LogP contribution in [0.1, 0.15) is 36.6 Å². The third-order valence-electron chi connectivity index (χ3n) is 4.04. The molecule has 0 aromatic carbocycles. The molecule has 4 nitrogen and oxygen atoms in total. The lowest BCUT2D eigenvalue weighted by molar-refractivity contribution is -0.125. The number of pyridine rings is 1. The average Bonchev–Trinajstić information content (AvgIpc) is 2.92. The van der Waals surface area contributed by atoms with Crippen molar-refractivity contribution < 1.29 is 4.79 Å². The van der Waals surface area contributed by atoms with Crippen LogP contribution in [0, 0.1) is 19.8 Å². The first kappa shape index (κ1) is 15.0. The van der Waals surface area contributed by atoms with Crippen LogP contribution in [0.4, 0.5) is 0 Å². The second-order valence-corrected chi connectivity index (χ2v) is 5.87. The third-order valence-corrected chi connectivity index (χ3v) is 4.04. The van der Waals surface area contributed by atoms with Crippen LogP contribution >= 0.6 is 0 Å². The largest absolute Gasteiger partial charge is 0.352 e. The first-order chi connectivity index (χ1) is 9.56. The Morgan fingerprint density at radius 3 is 2.75 bits per heavy atom. The van der Waals surface area contributed by atoms with Gasteiger partial charge in [0.25, 0.3) is 0 Å². The fraction of sp³-hybridized carbons (Fsp3) is 0.625. The molecule has 0 unspecified atom stereocenters. The summed E-state index contributed by atoms with van der Waals surface area (Å²) in [7, 11) is 0. The molecule has 0 bridgehead atoms. The minimum atomic E-state index is 0.0487. The van der Waals surface area contributed by atoms with Crippen molar-refractivity contribution in [3.05, 3.63) is 29.1 Å². The van der Waals surface area contributed by atoms with Gasteiger partial charge in [-0.2, -0.15) is 0 Å². The van der Waals surface area contributed by atoms with Crippen LogP contribution in [-0.4, -0.2) is 35.4 Å². The molecule has 4 heteroatoms. The quantitative estimate of drug-likeness (QED) is 0.894. The van der Waals surface area contributed by atoms with Gasteiger partial charge >= 0.3 is 0 Å². The highest BCUT2D eigenvalue weighted by atomic mass is 16.1. The number of rotatable bonds is 5. The van der Waals surface area contributed by atoms with E-state index in [4.69, 9.17) is 0 Å². The summed E-state index contributed by atoms with van der Waals surface area (Å²) in [6, 6.07) is 2.09. The van der Waals surface area contributed by atoms with E-state index in [-0.39, 0.29) is 11.8 Å². The van der Waals surface area contributed by atoms with Gasteiger partial charge < -0.3 is 10.2 Å². The van der Waals surface area contributed by atoms with E-state index < -0.39 is 0 Å². The minimum absolute atomic E-state index is 0.0487. The van der Waals surface area contributed by atoms with Gasteiger partial charge in [-0.1, -0.05) is 13.0 Å². The molecular weight excluding hydrogens is 250 g/mol. The highest BCUT2D eigenvalue weighted by Crippen LogP contribution is 2.11. The van der Waals surface area contributed by atoms with E-state index >= 15 is 0 Å². The fourth-order valence-corrected chi connectivity index (χ4v) is 2.60. The lowest BCUT2D eigenvalue weighted by atomic mass is 10.1. The summed E-state index contributed by atoms with van der Waals surface area (Å²) in [6.45, 7) is 9.76. The number of nitrogens with one attached hydrogen (secondary N) is 1. The third kappa shape index (κ3) is 4.04. The lowest BCUT2D eigenvalue weighted by Crippen LogP contribution is -2.36. The molecule has 0 radical (unpaired) electrons. The molecule has 1 aromatic heterocycles. The van der Waals surface area contributed by atoms with Crippen LogP contribution in [-0.2, 0) is 11.3 Å². The molecule has 2 rings (SSSR count). The van der Waals surface area contributed by atoms with Crippen molar-refractivity contribution in [2.45, 2.75) is 40.2 Å². The van der Waals surface area contributed by atoms with Crippen molar-refractivity contribution in [2.24, 2.45) is 5.92 Å². The van der Waals surface area contributed by atoms with Gasteiger partial charge in [-0.05, 0) is 50.9 Å². The molecule has 2 heterocycles. The minimum Gasteiger partial charge on any atom is -0.352 e. The summed E-state index contributed by atoms with van der Waals surface area (Å²) < 4.78 is 0. The van der Waals surface area contributed by atoms with Crippen LogP contribution in [0.3, 0.4) is 0 Å². The van der Waals surface area contributed by atoms with Gasteiger partial charge in [-0.15, -0.1) is 0 Å². The maximum absolute atomic E-state index is 12.1. The number of aromatic nitrogens is 1. The zero-order chi connectivity index (χ0) is 14.5. The Hall–Kier alpha value is -1.42. The van der Waals surface area contributed by atoms with Crippen molar-refractivity contribution in [2.75, 3.05) is 19.6 Å². The molecule has 1 aliphatic heterocycles. The topological polar surface area (TPSA) is 45.2 Å². The Bertz CT molecular complexity index is 467. The first-order valence-electron chi connectivity index (χ1n) is 7.48. The Labute approximate surface area is 121 Å². The van der Waals surface area contributed by atoms with Gasteiger partial charge in [0.15, 0.2) is 0 Å². The zero-order valence-electron chi connectivity index (χ0n) is 12.8. The van der Waals surface area contributed by atoms with Crippen LogP contribution in [0.5, 0.6) is 0 Å². The van der Waals surface area contributed by atoms with E-state index in [1.807, 2.05) is 27.0 Å². The van der Waals surface area contributed by atoms with Crippen LogP contribution in [0.2, 0.25) is 0 Å². The highest BCUT2D eigenvalue weighted by Gasteiger charge is 2.19. The average molecular weight is 275 g/mol. The molecule has 0 aliphatic carbocycles. The van der Waals surface area contributed by atoms with Gasteiger partial charge in [0.1, 0.15) is 0 Å². The predicted octanol–water partition coefficient (Wildman–Crippen LogP) is 2.05. The summed E-state index contributed by atoms with van der Waals surface area (Å²) in [5.74, 6) is 0.183. The molecular formula is C16H25N3O. The van der Waals surface area contributed by atoms with Crippen molar-refractivity contribution in [3.63, 3.8) is 0 Å². The van der Waals surface area contributed by atoms with Crippen molar-refractivity contribution in [1.29, 1.82) is 0 Å². The van der Waals surface area contributed by atoms with Gasteiger partial charge in [0.2, 0.25) is 5.91 Å². The van der Waals surface area contributed by atoms with E-state index in [1.165, 1.54) is 18.4 Å². The number of amides is 1. The molecule has 1 aliphatic rings. The standard InChI is InChI=1S/C16H25N3O/c1-12-8-15(9-17-14(12)3)10-18-16(20)13(2)11-19-6-4-5-7-19/h8-9,13H,4-7,10-11H2,1-3H3,(H,18,20)/t13-/m1/s1. The van der Waals surface area contributed by atoms with Gasteiger partial charge in [-0.25, -0.2) is 0 Å². The van der Waals surface area contributed by atoms with E-state index in [2.05, 4.69) is 21.3 Å². The summed E-state index contributed by atoms with van der Waals surface area (Å²) in [4.78, 5) is 18.8. The van der Waals surface area contributed by atoms with E-state index in [1.54, 1.807) is 0 Å². The van der Waals surface area contributed by atoms with Crippen LogP contribution in [0.15, 0.2) is 12.3 Å². The fourth-order valence-electron chi connectivity index (χ4n) is 2.60. The molecule has 1 N–H and O–H groups in total. The van der Waals surface area contributed by atoms with Crippen molar-refractivity contribution in [1.82, 2.24) is 15.2 Å². The second kappa shape index (κ2) is 6.84. The maximum atomic E-state index is 12.1. The van der Waals surface area contributed by atoms with Crippen molar-refractivity contribution in [3.8, 4) is 0 Å². The number of carbonyl (C=O) groups is 1. The molecule has 0 saturated carbocycles. The summed E-state index contributed by atoms with van der Waals surface area (Å²) >= 11 is 0. The van der Waals surface area contributed by atoms with Crippen molar-refractivity contribution >= 4 is 5.91 Å². The molecule has 1 amide bonds. The monoisotopic (exact) mass is 275 g/mol. The highest BCUT2D eigenvalue weighted by molar-refractivity contribution is 5.78. The Kier molecular flexibility index (Phi) is 5.12. The SMILES string of the molecule is Cc1cc(CNC(=O)[C@H](C)CN2CCCC2)cnc1C. The molecule has 1 atom stereocenters. The molecule has 0 spiro atoms. The van der Waals surface area contributed by atoms with Gasteiger partial charge in [-0.3, -0.25) is 9.78 Å². The lowest BCUT2D eigenvalue weighted by Gasteiger charge is -2.19. The predicted molar refractivity (Wildman–Crippen MR) is 80.4 cm³/mol. The summed E-state index contributed by atoms with van der Waals surface area (Å²) in [5, 5.41) is 3.01. The Balaban J connectivity index is 1.80. The number of likely N-dealkylation sites (tertiary alicyclic amines) is 1.